The van der Waals surface area contributed by atoms with Crippen LogP contribution in [0.2, 0.25) is 0 Å². The summed E-state index contributed by atoms with van der Waals surface area (Å²) in [5, 5.41) is 0.381. The standard InChI is InChI=1S/C13H11O2P/c1-10-6-2-3-7-11(10)12-8-4-5-9-13(12)16(14)15/h2-9H,1H3. The predicted octanol–water partition coefficient (Wildman–Crippen LogP) is 2.39. The van der Waals surface area contributed by atoms with E-state index in [0.717, 1.165) is 16.7 Å². The second kappa shape index (κ2) is 4.56. The van der Waals surface area contributed by atoms with Crippen molar-refractivity contribution in [2.45, 2.75) is 6.92 Å². The zero-order chi connectivity index (χ0) is 11.5. The molecular weight excluding hydrogens is 219 g/mol. The number of rotatable bonds is 2. The number of aryl methyl sites for hydroxylation is 1. The number of benzene rings is 2. The number of hydrogen-bond donors (Lipinski definition) is 0. The summed E-state index contributed by atoms with van der Waals surface area (Å²) in [6.45, 7) is 1.98. The van der Waals surface area contributed by atoms with Crippen LogP contribution in [0.1, 0.15) is 5.56 Å². The molecule has 0 heterocycles. The van der Waals surface area contributed by atoms with Crippen molar-refractivity contribution in [1.82, 2.24) is 0 Å². The Morgan fingerprint density at radius 2 is 1.50 bits per heavy atom. The molecule has 3 heteroatoms. The Labute approximate surface area is 95.4 Å². The summed E-state index contributed by atoms with van der Waals surface area (Å²) in [7, 11) is -2.55. The SMILES string of the molecule is Cc1ccccc1-c1ccccc1[P+](=O)[O-]. The highest BCUT2D eigenvalue weighted by Crippen LogP contribution is 2.25. The molecule has 0 aromatic heterocycles. The first-order valence-corrected chi connectivity index (χ1v) is 6.17. The molecule has 0 aliphatic carbocycles. The minimum Gasteiger partial charge on any atom is -0.591 e. The Morgan fingerprint density at radius 1 is 0.938 bits per heavy atom. The van der Waals surface area contributed by atoms with Gasteiger partial charge in [-0.05, 0) is 30.2 Å². The van der Waals surface area contributed by atoms with Crippen LogP contribution in [0.5, 0.6) is 0 Å². The zero-order valence-electron chi connectivity index (χ0n) is 8.88. The van der Waals surface area contributed by atoms with Crippen molar-refractivity contribution < 1.29 is 9.46 Å². The van der Waals surface area contributed by atoms with Gasteiger partial charge in [0.05, 0.1) is 0 Å². The topological polar surface area (TPSA) is 40.1 Å². The summed E-state index contributed by atoms with van der Waals surface area (Å²) in [5.41, 5.74) is 2.82. The molecule has 0 radical (unpaired) electrons. The van der Waals surface area contributed by atoms with Crippen molar-refractivity contribution >= 4 is 13.3 Å². The second-order valence-electron chi connectivity index (χ2n) is 3.59. The van der Waals surface area contributed by atoms with Gasteiger partial charge in [0.2, 0.25) is 0 Å². The van der Waals surface area contributed by atoms with Crippen LogP contribution in [0.4, 0.5) is 0 Å². The van der Waals surface area contributed by atoms with E-state index in [0.29, 0.717) is 5.30 Å². The lowest BCUT2D eigenvalue weighted by Gasteiger charge is -2.06. The van der Waals surface area contributed by atoms with Crippen LogP contribution < -0.4 is 10.2 Å². The average molecular weight is 230 g/mol. The lowest BCUT2D eigenvalue weighted by atomic mass is 10.0. The Kier molecular flexibility index (Phi) is 3.14. The first kappa shape index (κ1) is 11.0. The molecular formula is C13H11O2P. The van der Waals surface area contributed by atoms with E-state index in [1.807, 2.05) is 43.3 Å². The van der Waals surface area contributed by atoms with Gasteiger partial charge >= 0.3 is 8.03 Å². The highest BCUT2D eigenvalue weighted by molar-refractivity contribution is 7.46. The van der Waals surface area contributed by atoms with Gasteiger partial charge in [-0.25, -0.2) is 0 Å². The van der Waals surface area contributed by atoms with E-state index in [-0.39, 0.29) is 0 Å². The summed E-state index contributed by atoms with van der Waals surface area (Å²) in [5.74, 6) is 0. The van der Waals surface area contributed by atoms with Crippen LogP contribution in [0, 0.1) is 6.92 Å². The minimum absolute atomic E-state index is 0.381. The first-order valence-electron chi connectivity index (χ1n) is 4.99. The summed E-state index contributed by atoms with van der Waals surface area (Å²) in [4.78, 5) is 11.1. The van der Waals surface area contributed by atoms with E-state index >= 15 is 0 Å². The highest BCUT2D eigenvalue weighted by atomic mass is 31.1. The van der Waals surface area contributed by atoms with Crippen molar-refractivity contribution in [1.29, 1.82) is 0 Å². The van der Waals surface area contributed by atoms with Crippen LogP contribution in [-0.4, -0.2) is 0 Å². The van der Waals surface area contributed by atoms with Gasteiger partial charge in [-0.1, -0.05) is 41.0 Å². The molecule has 1 atom stereocenters. The zero-order valence-corrected chi connectivity index (χ0v) is 9.78. The predicted molar refractivity (Wildman–Crippen MR) is 63.9 cm³/mol. The van der Waals surface area contributed by atoms with Crippen molar-refractivity contribution in [3.8, 4) is 11.1 Å². The first-order chi connectivity index (χ1) is 7.70. The van der Waals surface area contributed by atoms with Gasteiger partial charge in [-0.3, -0.25) is 0 Å². The molecule has 0 aliphatic rings. The molecule has 0 amide bonds. The van der Waals surface area contributed by atoms with E-state index in [1.54, 1.807) is 12.1 Å². The van der Waals surface area contributed by atoms with Gasteiger partial charge in [-0.2, -0.15) is 0 Å². The maximum atomic E-state index is 11.1. The second-order valence-corrected chi connectivity index (χ2v) is 4.59. The van der Waals surface area contributed by atoms with E-state index < -0.39 is 8.03 Å². The molecule has 0 bridgehead atoms. The van der Waals surface area contributed by atoms with Crippen LogP contribution in [0.15, 0.2) is 48.5 Å². The lowest BCUT2D eigenvalue weighted by Crippen LogP contribution is -2.07. The molecule has 0 saturated heterocycles. The van der Waals surface area contributed by atoms with Gasteiger partial charge in [-0.15, -0.1) is 0 Å². The third-order valence-corrected chi connectivity index (χ3v) is 3.32. The van der Waals surface area contributed by atoms with Crippen molar-refractivity contribution in [2.75, 3.05) is 0 Å². The molecule has 16 heavy (non-hydrogen) atoms. The Bertz CT molecular complexity index is 535. The molecule has 2 rings (SSSR count). The van der Waals surface area contributed by atoms with E-state index in [4.69, 9.17) is 0 Å². The summed E-state index contributed by atoms with van der Waals surface area (Å²) < 4.78 is 11.1. The summed E-state index contributed by atoms with van der Waals surface area (Å²) >= 11 is 0. The van der Waals surface area contributed by atoms with Gasteiger partial charge in [0.25, 0.3) is 0 Å². The Balaban J connectivity index is 2.65. The largest absolute Gasteiger partial charge is 0.591 e. The molecule has 2 aromatic carbocycles. The normalized spacial score (nSPS) is 11.2. The molecule has 0 aliphatic heterocycles. The molecule has 1 unspecified atom stereocenters. The van der Waals surface area contributed by atoms with Crippen LogP contribution in [-0.2, 0) is 4.57 Å². The third kappa shape index (κ3) is 2.04. The van der Waals surface area contributed by atoms with Gasteiger partial charge in [0.15, 0.2) is 5.30 Å². The van der Waals surface area contributed by atoms with E-state index in [9.17, 15) is 9.46 Å². The van der Waals surface area contributed by atoms with Crippen LogP contribution in [0.3, 0.4) is 0 Å². The van der Waals surface area contributed by atoms with E-state index in [1.165, 1.54) is 0 Å². The Morgan fingerprint density at radius 3 is 2.12 bits per heavy atom. The lowest BCUT2D eigenvalue weighted by molar-refractivity contribution is -0.160. The molecule has 0 fully saturated rings. The molecule has 2 aromatic rings. The fourth-order valence-corrected chi connectivity index (χ4v) is 2.34. The fraction of sp³-hybridized carbons (Fsp3) is 0.0769. The molecule has 0 spiro atoms. The average Bonchev–Trinajstić information content (AvgIpc) is 2.29. The van der Waals surface area contributed by atoms with Crippen molar-refractivity contribution in [2.24, 2.45) is 0 Å². The maximum Gasteiger partial charge on any atom is 0.349 e. The van der Waals surface area contributed by atoms with Gasteiger partial charge in [0, 0.05) is 5.56 Å². The Hall–Kier alpha value is -1.50. The van der Waals surface area contributed by atoms with Crippen LogP contribution in [0.25, 0.3) is 11.1 Å². The highest BCUT2D eigenvalue weighted by Gasteiger charge is 2.15. The van der Waals surface area contributed by atoms with Gasteiger partial charge < -0.3 is 4.89 Å². The fourth-order valence-electron chi connectivity index (χ4n) is 1.74. The maximum absolute atomic E-state index is 11.1. The molecule has 2 nitrogen and oxygen atoms in total. The molecule has 0 saturated carbocycles. The number of hydrogen-bond acceptors (Lipinski definition) is 2. The summed E-state index contributed by atoms with van der Waals surface area (Å²) in [6.07, 6.45) is 0. The van der Waals surface area contributed by atoms with Crippen LogP contribution >= 0.6 is 8.03 Å². The monoisotopic (exact) mass is 230 g/mol. The van der Waals surface area contributed by atoms with Gasteiger partial charge in [0.1, 0.15) is 0 Å². The molecule has 80 valence electrons. The summed E-state index contributed by atoms with van der Waals surface area (Å²) in [6, 6.07) is 14.8. The van der Waals surface area contributed by atoms with Crippen molar-refractivity contribution in [3.05, 3.63) is 54.1 Å². The quantitative estimate of drug-likeness (QED) is 0.743. The minimum atomic E-state index is -2.55. The smallest absolute Gasteiger partial charge is 0.349 e. The van der Waals surface area contributed by atoms with Crippen molar-refractivity contribution in [3.63, 3.8) is 0 Å². The third-order valence-electron chi connectivity index (χ3n) is 2.54. The molecule has 0 N–H and O–H groups in total. The van der Waals surface area contributed by atoms with E-state index in [2.05, 4.69) is 0 Å².